The number of aromatic nitrogens is 3. The first-order valence-electron chi connectivity index (χ1n) is 9.06. The van der Waals surface area contributed by atoms with E-state index < -0.39 is 0 Å². The van der Waals surface area contributed by atoms with Gasteiger partial charge < -0.3 is 0 Å². The van der Waals surface area contributed by atoms with Gasteiger partial charge in [0.2, 0.25) is 0 Å². The summed E-state index contributed by atoms with van der Waals surface area (Å²) in [7, 11) is 0. The van der Waals surface area contributed by atoms with Crippen LogP contribution in [-0.2, 0) is 13.0 Å². The summed E-state index contributed by atoms with van der Waals surface area (Å²) in [6.07, 6.45) is 2.58. The Hall–Kier alpha value is -3.46. The molecule has 0 saturated carbocycles. The first-order valence-corrected chi connectivity index (χ1v) is 9.06. The van der Waals surface area contributed by atoms with Crippen molar-refractivity contribution < 1.29 is 0 Å². The van der Waals surface area contributed by atoms with Crippen molar-refractivity contribution in [3.63, 3.8) is 0 Å². The Bertz CT molecular complexity index is 1020. The maximum absolute atomic E-state index is 4.84. The van der Waals surface area contributed by atoms with Crippen LogP contribution in [0.2, 0.25) is 0 Å². The van der Waals surface area contributed by atoms with E-state index in [1.807, 2.05) is 47.2 Å². The van der Waals surface area contributed by atoms with Crippen molar-refractivity contribution in [2.45, 2.75) is 13.0 Å². The Morgan fingerprint density at radius 2 is 1.44 bits per heavy atom. The van der Waals surface area contributed by atoms with E-state index in [1.54, 1.807) is 0 Å². The van der Waals surface area contributed by atoms with Gasteiger partial charge in [-0.3, -0.25) is 0 Å². The molecular weight excluding hydrogens is 330 g/mol. The second kappa shape index (κ2) is 7.83. The maximum atomic E-state index is 4.84. The summed E-state index contributed by atoms with van der Waals surface area (Å²) in [5, 5.41) is 4.81. The highest BCUT2D eigenvalue weighted by Gasteiger charge is 2.13. The van der Waals surface area contributed by atoms with E-state index in [1.165, 1.54) is 11.1 Å². The highest BCUT2D eigenvalue weighted by Crippen LogP contribution is 2.20. The molecule has 0 radical (unpaired) electrons. The SMILES string of the molecule is C=Cc1ccc(Cn2nc(Cc3ccccc3)nc2-c2ccccc2)cc1. The Kier molecular flexibility index (Phi) is 4.93. The van der Waals surface area contributed by atoms with Gasteiger partial charge >= 0.3 is 0 Å². The molecule has 0 aliphatic carbocycles. The minimum absolute atomic E-state index is 0.684. The standard InChI is InChI=1S/C24H21N3/c1-2-19-13-15-21(16-14-19)18-27-24(22-11-7-4-8-12-22)25-23(26-27)17-20-9-5-3-6-10-20/h2-16H,1,17-18H2. The van der Waals surface area contributed by atoms with E-state index in [4.69, 9.17) is 10.1 Å². The Labute approximate surface area is 159 Å². The molecule has 0 N–H and O–H groups in total. The Balaban J connectivity index is 1.68. The Morgan fingerprint density at radius 1 is 0.778 bits per heavy atom. The normalized spacial score (nSPS) is 10.7. The van der Waals surface area contributed by atoms with E-state index in [2.05, 4.69) is 55.1 Å². The highest BCUT2D eigenvalue weighted by atomic mass is 15.3. The van der Waals surface area contributed by atoms with Gasteiger partial charge in [-0.1, -0.05) is 97.6 Å². The molecule has 3 heteroatoms. The van der Waals surface area contributed by atoms with Crippen LogP contribution in [0.1, 0.15) is 22.5 Å². The summed E-state index contributed by atoms with van der Waals surface area (Å²) in [4.78, 5) is 4.84. The summed E-state index contributed by atoms with van der Waals surface area (Å²) < 4.78 is 2.00. The third-order valence-corrected chi connectivity index (χ3v) is 4.50. The molecule has 0 aliphatic rings. The molecule has 3 aromatic carbocycles. The van der Waals surface area contributed by atoms with Gasteiger partial charge in [-0.2, -0.15) is 5.10 Å². The van der Waals surface area contributed by atoms with Gasteiger partial charge in [0, 0.05) is 12.0 Å². The molecule has 4 aromatic rings. The zero-order valence-corrected chi connectivity index (χ0v) is 15.1. The topological polar surface area (TPSA) is 30.7 Å². The number of nitrogens with zero attached hydrogens (tertiary/aromatic N) is 3. The largest absolute Gasteiger partial charge is 0.241 e. The molecule has 3 nitrogen and oxygen atoms in total. The van der Waals surface area contributed by atoms with Gasteiger partial charge in [0.1, 0.15) is 0 Å². The van der Waals surface area contributed by atoms with Crippen LogP contribution < -0.4 is 0 Å². The van der Waals surface area contributed by atoms with Gasteiger partial charge in [0.25, 0.3) is 0 Å². The fourth-order valence-electron chi connectivity index (χ4n) is 3.09. The van der Waals surface area contributed by atoms with E-state index in [0.717, 1.165) is 29.2 Å². The number of benzene rings is 3. The molecule has 132 valence electrons. The van der Waals surface area contributed by atoms with Gasteiger partial charge in [0.05, 0.1) is 6.54 Å². The molecule has 4 rings (SSSR count). The molecule has 0 spiro atoms. The third-order valence-electron chi connectivity index (χ3n) is 4.50. The summed E-state index contributed by atoms with van der Waals surface area (Å²) in [6.45, 7) is 4.50. The van der Waals surface area contributed by atoms with E-state index in [-0.39, 0.29) is 0 Å². The van der Waals surface area contributed by atoms with Crippen LogP contribution in [0, 0.1) is 0 Å². The molecule has 1 heterocycles. The zero-order valence-electron chi connectivity index (χ0n) is 15.1. The van der Waals surface area contributed by atoms with Gasteiger partial charge in [-0.05, 0) is 16.7 Å². The predicted octanol–water partition coefficient (Wildman–Crippen LogP) is 5.23. The summed E-state index contributed by atoms with van der Waals surface area (Å²) in [6, 6.07) is 29.0. The summed E-state index contributed by atoms with van der Waals surface area (Å²) in [5.41, 5.74) is 4.59. The minimum atomic E-state index is 0.684. The molecule has 0 saturated heterocycles. The van der Waals surface area contributed by atoms with Crippen LogP contribution >= 0.6 is 0 Å². The fourth-order valence-corrected chi connectivity index (χ4v) is 3.09. The number of hydrogen-bond acceptors (Lipinski definition) is 2. The van der Waals surface area contributed by atoms with Gasteiger partial charge in [-0.15, -0.1) is 0 Å². The van der Waals surface area contributed by atoms with Crippen molar-refractivity contribution in [2.75, 3.05) is 0 Å². The third kappa shape index (κ3) is 4.04. The summed E-state index contributed by atoms with van der Waals surface area (Å²) >= 11 is 0. The van der Waals surface area contributed by atoms with E-state index in [0.29, 0.717) is 6.54 Å². The minimum Gasteiger partial charge on any atom is -0.241 e. The number of rotatable bonds is 6. The van der Waals surface area contributed by atoms with E-state index >= 15 is 0 Å². The second-order valence-corrected chi connectivity index (χ2v) is 6.48. The highest BCUT2D eigenvalue weighted by molar-refractivity contribution is 5.55. The molecular formula is C24H21N3. The van der Waals surface area contributed by atoms with Crippen molar-refractivity contribution in [3.05, 3.63) is 114 Å². The lowest BCUT2D eigenvalue weighted by Crippen LogP contribution is -2.04. The molecule has 1 aromatic heterocycles. The lowest BCUT2D eigenvalue weighted by Gasteiger charge is -2.06. The van der Waals surface area contributed by atoms with Crippen LogP contribution in [0.5, 0.6) is 0 Å². The maximum Gasteiger partial charge on any atom is 0.158 e. The lowest BCUT2D eigenvalue weighted by molar-refractivity contribution is 0.682. The van der Waals surface area contributed by atoms with E-state index in [9.17, 15) is 0 Å². The Morgan fingerprint density at radius 3 is 2.11 bits per heavy atom. The van der Waals surface area contributed by atoms with Crippen molar-refractivity contribution in [2.24, 2.45) is 0 Å². The quantitative estimate of drug-likeness (QED) is 0.476. The average Bonchev–Trinajstić information content (AvgIpc) is 3.12. The van der Waals surface area contributed by atoms with Gasteiger partial charge in [-0.25, -0.2) is 9.67 Å². The smallest absolute Gasteiger partial charge is 0.158 e. The van der Waals surface area contributed by atoms with Crippen LogP contribution in [-0.4, -0.2) is 14.8 Å². The van der Waals surface area contributed by atoms with Gasteiger partial charge in [0.15, 0.2) is 11.6 Å². The second-order valence-electron chi connectivity index (χ2n) is 6.48. The lowest BCUT2D eigenvalue weighted by atomic mass is 10.1. The molecule has 0 atom stereocenters. The zero-order chi connectivity index (χ0) is 18.5. The van der Waals surface area contributed by atoms with Crippen LogP contribution in [0.25, 0.3) is 17.5 Å². The fraction of sp³-hybridized carbons (Fsp3) is 0.0833. The van der Waals surface area contributed by atoms with Crippen LogP contribution in [0.15, 0.2) is 91.5 Å². The molecule has 0 aliphatic heterocycles. The molecule has 0 fully saturated rings. The first kappa shape index (κ1) is 17.0. The average molecular weight is 351 g/mol. The van der Waals surface area contributed by atoms with Crippen molar-refractivity contribution in [1.29, 1.82) is 0 Å². The van der Waals surface area contributed by atoms with Crippen molar-refractivity contribution >= 4 is 6.08 Å². The predicted molar refractivity (Wildman–Crippen MR) is 110 cm³/mol. The number of hydrogen-bond donors (Lipinski definition) is 0. The van der Waals surface area contributed by atoms with Crippen molar-refractivity contribution in [3.8, 4) is 11.4 Å². The molecule has 0 unspecified atom stereocenters. The van der Waals surface area contributed by atoms with Crippen LogP contribution in [0.4, 0.5) is 0 Å². The summed E-state index contributed by atoms with van der Waals surface area (Å²) in [5.74, 6) is 1.73. The van der Waals surface area contributed by atoms with Crippen LogP contribution in [0.3, 0.4) is 0 Å². The first-order chi connectivity index (χ1) is 13.3. The van der Waals surface area contributed by atoms with Crippen molar-refractivity contribution in [1.82, 2.24) is 14.8 Å². The monoisotopic (exact) mass is 351 g/mol. The molecule has 27 heavy (non-hydrogen) atoms. The molecule has 0 bridgehead atoms. The molecule has 0 amide bonds.